The van der Waals surface area contributed by atoms with Crippen molar-refractivity contribution in [3.8, 4) is 0 Å². The first-order chi connectivity index (χ1) is 9.95. The van der Waals surface area contributed by atoms with Crippen LogP contribution in [0.15, 0.2) is 22.7 Å². The van der Waals surface area contributed by atoms with Crippen molar-refractivity contribution in [3.63, 3.8) is 0 Å². The number of amides is 1. The molecule has 1 amide bonds. The van der Waals surface area contributed by atoms with Crippen molar-refractivity contribution in [2.75, 3.05) is 27.3 Å². The van der Waals surface area contributed by atoms with Crippen molar-refractivity contribution in [2.24, 2.45) is 0 Å². The van der Waals surface area contributed by atoms with E-state index in [0.29, 0.717) is 22.7 Å². The van der Waals surface area contributed by atoms with Crippen LogP contribution in [0.5, 0.6) is 0 Å². The van der Waals surface area contributed by atoms with E-state index >= 15 is 0 Å². The Morgan fingerprint density at radius 1 is 1.52 bits per heavy atom. The van der Waals surface area contributed by atoms with Crippen LogP contribution in [0.25, 0.3) is 0 Å². The van der Waals surface area contributed by atoms with Gasteiger partial charge < -0.3 is 10.1 Å². The summed E-state index contributed by atoms with van der Waals surface area (Å²) >= 11 is 8.24. The molecule has 0 fully saturated rings. The molecule has 0 heterocycles. The Morgan fingerprint density at radius 3 is 2.86 bits per heavy atom. The number of carbonyl (C=O) groups is 1. The smallest absolute Gasteiger partial charge is 0.272 e. The lowest BCUT2D eigenvalue weighted by atomic mass is 10.2. The van der Waals surface area contributed by atoms with Crippen LogP contribution in [0, 0.1) is 5.82 Å². The molecule has 0 aliphatic carbocycles. The molecule has 0 atom stereocenters. The van der Waals surface area contributed by atoms with E-state index in [9.17, 15) is 9.18 Å². The highest BCUT2D eigenvalue weighted by Crippen LogP contribution is 2.15. The number of methoxy groups -OCH3 is 1. The number of ether oxygens (including phenoxy) is 1. The number of carbonyl (C=O) groups excluding carboxylic acids is 1. The maximum Gasteiger partial charge on any atom is 0.272 e. The molecule has 21 heavy (non-hydrogen) atoms. The van der Waals surface area contributed by atoms with Crippen LogP contribution in [0.1, 0.15) is 16.8 Å². The van der Waals surface area contributed by atoms with E-state index in [-0.39, 0.29) is 5.56 Å². The maximum atomic E-state index is 13.7. The highest BCUT2D eigenvalue weighted by molar-refractivity contribution is 9.10. The highest BCUT2D eigenvalue weighted by atomic mass is 79.9. The molecule has 0 saturated carbocycles. The molecule has 1 rings (SSSR count). The van der Waals surface area contributed by atoms with Gasteiger partial charge in [0.25, 0.3) is 5.91 Å². The van der Waals surface area contributed by atoms with Crippen LogP contribution in [0.4, 0.5) is 4.39 Å². The Kier molecular flexibility index (Phi) is 7.55. The molecule has 0 aromatic heterocycles. The summed E-state index contributed by atoms with van der Waals surface area (Å²) in [4.78, 5) is 12.0. The summed E-state index contributed by atoms with van der Waals surface area (Å²) in [6, 6.07) is 4.23. The second-order valence-electron chi connectivity index (χ2n) is 4.20. The number of benzene rings is 1. The average Bonchev–Trinajstić information content (AvgIpc) is 2.43. The number of thiocarbonyl (C=S) groups is 1. The van der Waals surface area contributed by atoms with Gasteiger partial charge in [-0.2, -0.15) is 0 Å². The fourth-order valence-electron chi connectivity index (χ4n) is 1.47. The fourth-order valence-corrected chi connectivity index (χ4v) is 1.95. The SMILES string of the molecule is COCCCNC(=S)N(C)NC(=O)c1ccc(Br)cc1F. The third-order valence-corrected chi connectivity index (χ3v) is 3.46. The van der Waals surface area contributed by atoms with Crippen molar-refractivity contribution in [2.45, 2.75) is 6.42 Å². The molecule has 1 aromatic carbocycles. The van der Waals surface area contributed by atoms with E-state index in [1.807, 2.05) is 0 Å². The Bertz CT molecular complexity index is 516. The summed E-state index contributed by atoms with van der Waals surface area (Å²) in [5.74, 6) is -1.17. The molecule has 0 aliphatic rings. The first-order valence-electron chi connectivity index (χ1n) is 6.22. The summed E-state index contributed by atoms with van der Waals surface area (Å²) in [5.41, 5.74) is 2.45. The summed E-state index contributed by atoms with van der Waals surface area (Å²) in [6.07, 6.45) is 0.791. The van der Waals surface area contributed by atoms with Gasteiger partial charge >= 0.3 is 0 Å². The zero-order valence-electron chi connectivity index (χ0n) is 11.8. The van der Waals surface area contributed by atoms with Gasteiger partial charge in [-0.1, -0.05) is 15.9 Å². The lowest BCUT2D eigenvalue weighted by Crippen LogP contribution is -2.48. The van der Waals surface area contributed by atoms with E-state index in [1.165, 1.54) is 17.1 Å². The molecule has 0 aliphatic heterocycles. The molecule has 0 unspecified atom stereocenters. The molecule has 0 bridgehead atoms. The third kappa shape index (κ3) is 5.94. The van der Waals surface area contributed by atoms with E-state index in [2.05, 4.69) is 26.7 Å². The van der Waals surface area contributed by atoms with Crippen molar-refractivity contribution in [3.05, 3.63) is 34.1 Å². The van der Waals surface area contributed by atoms with Gasteiger partial charge in [-0.25, -0.2) is 4.39 Å². The van der Waals surface area contributed by atoms with Crippen LogP contribution in [0.2, 0.25) is 0 Å². The Hall–Kier alpha value is -1.25. The van der Waals surface area contributed by atoms with Gasteiger partial charge in [-0.05, 0) is 36.8 Å². The lowest BCUT2D eigenvalue weighted by Gasteiger charge is -2.21. The molecular weight excluding hydrogens is 361 g/mol. The minimum absolute atomic E-state index is 0.0489. The molecule has 5 nitrogen and oxygen atoms in total. The van der Waals surface area contributed by atoms with E-state index in [4.69, 9.17) is 17.0 Å². The van der Waals surface area contributed by atoms with Crippen LogP contribution in [0.3, 0.4) is 0 Å². The Morgan fingerprint density at radius 2 is 2.24 bits per heavy atom. The number of rotatable bonds is 5. The minimum atomic E-state index is -0.603. The van der Waals surface area contributed by atoms with Gasteiger partial charge in [0.1, 0.15) is 5.82 Å². The molecule has 2 N–H and O–H groups in total. The second-order valence-corrected chi connectivity index (χ2v) is 5.50. The molecule has 0 saturated heterocycles. The number of hydrazine groups is 1. The summed E-state index contributed by atoms with van der Waals surface area (Å²) in [7, 11) is 3.21. The highest BCUT2D eigenvalue weighted by Gasteiger charge is 2.14. The van der Waals surface area contributed by atoms with Crippen LogP contribution >= 0.6 is 28.1 Å². The summed E-state index contributed by atoms with van der Waals surface area (Å²) in [6.45, 7) is 1.25. The Balaban J connectivity index is 2.51. The van der Waals surface area contributed by atoms with Gasteiger partial charge in [0.2, 0.25) is 0 Å². The number of nitrogens with one attached hydrogen (secondary N) is 2. The molecule has 116 valence electrons. The van der Waals surface area contributed by atoms with Crippen LogP contribution in [-0.2, 0) is 4.74 Å². The number of nitrogens with zero attached hydrogens (tertiary/aromatic N) is 1. The van der Waals surface area contributed by atoms with Gasteiger partial charge in [0, 0.05) is 31.8 Å². The Labute approximate surface area is 136 Å². The molecular formula is C13H17BrFN3O2S. The fraction of sp³-hybridized carbons (Fsp3) is 0.385. The van der Waals surface area contributed by atoms with Gasteiger partial charge in [-0.3, -0.25) is 15.2 Å². The third-order valence-electron chi connectivity index (χ3n) is 2.55. The summed E-state index contributed by atoms with van der Waals surface area (Å²) in [5, 5.41) is 4.64. The van der Waals surface area contributed by atoms with Crippen molar-refractivity contribution < 1.29 is 13.9 Å². The predicted octanol–water partition coefficient (Wildman–Crippen LogP) is 2.08. The van der Waals surface area contributed by atoms with Crippen LogP contribution < -0.4 is 10.7 Å². The average molecular weight is 378 g/mol. The normalized spacial score (nSPS) is 10.1. The van der Waals surface area contributed by atoms with E-state index in [1.54, 1.807) is 20.2 Å². The molecule has 0 spiro atoms. The first-order valence-corrected chi connectivity index (χ1v) is 7.42. The topological polar surface area (TPSA) is 53.6 Å². The monoisotopic (exact) mass is 377 g/mol. The van der Waals surface area contributed by atoms with Crippen molar-refractivity contribution in [1.82, 2.24) is 15.8 Å². The zero-order chi connectivity index (χ0) is 15.8. The second kappa shape index (κ2) is 8.91. The zero-order valence-corrected chi connectivity index (χ0v) is 14.2. The lowest BCUT2D eigenvalue weighted by molar-refractivity contribution is 0.0882. The maximum absolute atomic E-state index is 13.7. The predicted molar refractivity (Wildman–Crippen MR) is 86.4 cm³/mol. The van der Waals surface area contributed by atoms with Crippen molar-refractivity contribution in [1.29, 1.82) is 0 Å². The van der Waals surface area contributed by atoms with Gasteiger partial charge in [0.15, 0.2) is 5.11 Å². The van der Waals surface area contributed by atoms with E-state index < -0.39 is 11.7 Å². The number of hydrogen-bond acceptors (Lipinski definition) is 3. The van der Waals surface area contributed by atoms with E-state index in [0.717, 1.165) is 6.42 Å². The number of halogens is 2. The molecule has 1 aromatic rings. The quantitative estimate of drug-likeness (QED) is 0.467. The standard InChI is InChI=1S/C13H17BrFN3O2S/c1-18(13(21)16-6-3-7-20-2)17-12(19)10-5-4-9(14)8-11(10)15/h4-5,8H,3,6-7H2,1-2H3,(H,16,21)(H,17,19). The molecule has 0 radical (unpaired) electrons. The largest absolute Gasteiger partial charge is 0.385 e. The van der Waals surface area contributed by atoms with Gasteiger partial charge in [-0.15, -0.1) is 0 Å². The number of hydrogen-bond donors (Lipinski definition) is 2. The molecule has 8 heteroatoms. The minimum Gasteiger partial charge on any atom is -0.385 e. The van der Waals surface area contributed by atoms with Gasteiger partial charge in [0.05, 0.1) is 5.56 Å². The summed E-state index contributed by atoms with van der Waals surface area (Å²) < 4.78 is 19.2. The van der Waals surface area contributed by atoms with Crippen molar-refractivity contribution >= 4 is 39.2 Å². The first kappa shape index (κ1) is 17.8. The van der Waals surface area contributed by atoms with Crippen LogP contribution in [-0.4, -0.2) is 43.3 Å².